The highest BCUT2D eigenvalue weighted by atomic mass is 35.5. The van der Waals surface area contributed by atoms with Crippen molar-refractivity contribution < 1.29 is 10.0 Å². The molecule has 0 saturated heterocycles. The van der Waals surface area contributed by atoms with Crippen molar-refractivity contribution >= 4 is 29.9 Å². The summed E-state index contributed by atoms with van der Waals surface area (Å²) in [6.07, 6.45) is 0. The number of nitrogen functional groups attached to an aromatic ring is 1. The Labute approximate surface area is 75.9 Å². The molecule has 12 heavy (non-hydrogen) atoms. The average Bonchev–Trinajstić information content (AvgIpc) is 1.96. The first-order valence-electron chi connectivity index (χ1n) is 3.44. The molecule has 64 valence electrons. The van der Waals surface area contributed by atoms with Crippen molar-refractivity contribution in [2.75, 3.05) is 5.73 Å². The molecule has 3 nitrogen and oxygen atoms in total. The minimum absolute atomic E-state index is 0.347. The Morgan fingerprint density at radius 3 is 2.50 bits per heavy atom. The lowest BCUT2D eigenvalue weighted by atomic mass is 9.77. The standard InChI is InChI=1S/C7H9BClNO2/c1-4-6(8(11)12)2-5(9)3-7(4)10/h2-3,11-12H,10H2,1H3. The molecule has 1 aromatic rings. The van der Waals surface area contributed by atoms with Gasteiger partial charge in [-0.1, -0.05) is 11.6 Å². The van der Waals surface area contributed by atoms with Crippen molar-refractivity contribution in [3.05, 3.63) is 22.7 Å². The minimum Gasteiger partial charge on any atom is -0.423 e. The van der Waals surface area contributed by atoms with E-state index in [1.54, 1.807) is 13.0 Å². The van der Waals surface area contributed by atoms with Gasteiger partial charge in [0.25, 0.3) is 0 Å². The molecule has 0 aliphatic carbocycles. The van der Waals surface area contributed by atoms with Crippen LogP contribution in [-0.4, -0.2) is 17.2 Å². The van der Waals surface area contributed by atoms with Crippen LogP contribution in [0.1, 0.15) is 5.56 Å². The van der Waals surface area contributed by atoms with Crippen LogP contribution in [-0.2, 0) is 0 Å². The zero-order valence-corrected chi connectivity index (χ0v) is 7.34. The highest BCUT2D eigenvalue weighted by molar-refractivity contribution is 6.59. The lowest BCUT2D eigenvalue weighted by molar-refractivity contribution is 0.425. The first kappa shape index (κ1) is 9.38. The average molecular weight is 185 g/mol. The summed E-state index contributed by atoms with van der Waals surface area (Å²) in [4.78, 5) is 0. The maximum absolute atomic E-state index is 8.89. The zero-order valence-electron chi connectivity index (χ0n) is 6.58. The Kier molecular flexibility index (Phi) is 2.62. The van der Waals surface area contributed by atoms with Gasteiger partial charge in [0.15, 0.2) is 0 Å². The van der Waals surface area contributed by atoms with Crippen LogP contribution in [0.3, 0.4) is 0 Å². The summed E-state index contributed by atoms with van der Waals surface area (Å²) in [6.45, 7) is 1.71. The van der Waals surface area contributed by atoms with Gasteiger partial charge in [-0.2, -0.15) is 0 Å². The third-order valence-electron chi connectivity index (χ3n) is 1.73. The van der Waals surface area contributed by atoms with E-state index in [0.717, 1.165) is 0 Å². The number of rotatable bonds is 1. The Bertz CT molecular complexity index is 304. The Hall–Kier alpha value is -0.705. The van der Waals surface area contributed by atoms with Crippen LogP contribution >= 0.6 is 11.6 Å². The Morgan fingerprint density at radius 1 is 1.42 bits per heavy atom. The van der Waals surface area contributed by atoms with Crippen molar-refractivity contribution in [3.63, 3.8) is 0 Å². The van der Waals surface area contributed by atoms with Crippen LogP contribution in [0.25, 0.3) is 0 Å². The normalized spacial score (nSPS) is 10.0. The maximum Gasteiger partial charge on any atom is 0.488 e. The molecule has 0 aliphatic heterocycles. The molecule has 0 spiro atoms. The highest BCUT2D eigenvalue weighted by Crippen LogP contribution is 2.15. The van der Waals surface area contributed by atoms with Gasteiger partial charge in [-0.05, 0) is 30.1 Å². The molecule has 4 N–H and O–H groups in total. The third kappa shape index (κ3) is 1.72. The van der Waals surface area contributed by atoms with E-state index in [2.05, 4.69) is 0 Å². The van der Waals surface area contributed by atoms with Gasteiger partial charge in [0.05, 0.1) is 0 Å². The highest BCUT2D eigenvalue weighted by Gasteiger charge is 2.15. The van der Waals surface area contributed by atoms with Crippen LogP contribution in [0.15, 0.2) is 12.1 Å². The van der Waals surface area contributed by atoms with Gasteiger partial charge in [0.2, 0.25) is 0 Å². The van der Waals surface area contributed by atoms with Crippen molar-refractivity contribution in [2.24, 2.45) is 0 Å². The number of benzene rings is 1. The number of nitrogens with two attached hydrogens (primary N) is 1. The minimum atomic E-state index is -1.52. The lowest BCUT2D eigenvalue weighted by Crippen LogP contribution is -2.32. The third-order valence-corrected chi connectivity index (χ3v) is 1.95. The molecular weight excluding hydrogens is 176 g/mol. The predicted octanol–water partition coefficient (Wildman–Crippen LogP) is -0.0896. The number of halogens is 1. The Morgan fingerprint density at radius 2 is 2.00 bits per heavy atom. The van der Waals surface area contributed by atoms with Gasteiger partial charge in [-0.25, -0.2) is 0 Å². The van der Waals surface area contributed by atoms with E-state index in [1.165, 1.54) is 6.07 Å². The lowest BCUT2D eigenvalue weighted by Gasteiger charge is -2.07. The van der Waals surface area contributed by atoms with Crippen LogP contribution < -0.4 is 11.2 Å². The molecule has 0 aliphatic rings. The van der Waals surface area contributed by atoms with Crippen LogP contribution in [0.2, 0.25) is 5.02 Å². The monoisotopic (exact) mass is 185 g/mol. The fraction of sp³-hybridized carbons (Fsp3) is 0.143. The smallest absolute Gasteiger partial charge is 0.423 e. The molecule has 0 unspecified atom stereocenters. The number of anilines is 1. The quantitative estimate of drug-likeness (QED) is 0.423. The van der Waals surface area contributed by atoms with E-state index in [1.807, 2.05) is 0 Å². The summed E-state index contributed by atoms with van der Waals surface area (Å²) in [5.74, 6) is 0. The van der Waals surface area contributed by atoms with Crippen LogP contribution in [0.4, 0.5) is 5.69 Å². The fourth-order valence-corrected chi connectivity index (χ4v) is 1.23. The molecule has 0 fully saturated rings. The second-order valence-electron chi connectivity index (χ2n) is 2.58. The molecule has 0 saturated carbocycles. The molecule has 0 amide bonds. The topological polar surface area (TPSA) is 66.5 Å². The second kappa shape index (κ2) is 3.35. The van der Waals surface area contributed by atoms with Gasteiger partial charge >= 0.3 is 7.12 Å². The molecular formula is C7H9BClNO2. The van der Waals surface area contributed by atoms with E-state index < -0.39 is 7.12 Å². The maximum atomic E-state index is 8.89. The van der Waals surface area contributed by atoms with Gasteiger partial charge in [0, 0.05) is 10.7 Å². The SMILES string of the molecule is Cc1c(N)cc(Cl)cc1B(O)O. The van der Waals surface area contributed by atoms with Crippen molar-refractivity contribution in [3.8, 4) is 0 Å². The largest absolute Gasteiger partial charge is 0.488 e. The Balaban J connectivity index is 3.28. The van der Waals surface area contributed by atoms with Crippen molar-refractivity contribution in [1.82, 2.24) is 0 Å². The van der Waals surface area contributed by atoms with Crippen LogP contribution in [0.5, 0.6) is 0 Å². The molecule has 0 aromatic heterocycles. The molecule has 5 heteroatoms. The van der Waals surface area contributed by atoms with Gasteiger partial charge < -0.3 is 15.8 Å². The summed E-state index contributed by atoms with van der Waals surface area (Å²) in [7, 11) is -1.52. The summed E-state index contributed by atoms with van der Waals surface area (Å²) < 4.78 is 0. The predicted molar refractivity (Wildman–Crippen MR) is 50.4 cm³/mol. The molecule has 1 rings (SSSR count). The summed E-state index contributed by atoms with van der Waals surface area (Å²) in [6, 6.07) is 3.06. The fourth-order valence-electron chi connectivity index (χ4n) is 0.990. The molecule has 0 heterocycles. The van der Waals surface area contributed by atoms with Gasteiger partial charge in [0.1, 0.15) is 0 Å². The van der Waals surface area contributed by atoms with Crippen molar-refractivity contribution in [2.45, 2.75) is 6.92 Å². The molecule has 0 atom stereocenters. The van der Waals surface area contributed by atoms with E-state index in [0.29, 0.717) is 21.7 Å². The van der Waals surface area contributed by atoms with E-state index in [-0.39, 0.29) is 0 Å². The van der Waals surface area contributed by atoms with Crippen molar-refractivity contribution in [1.29, 1.82) is 0 Å². The van der Waals surface area contributed by atoms with E-state index in [4.69, 9.17) is 27.4 Å². The summed E-state index contributed by atoms with van der Waals surface area (Å²) in [5, 5.41) is 18.2. The van der Waals surface area contributed by atoms with E-state index >= 15 is 0 Å². The van der Waals surface area contributed by atoms with Crippen LogP contribution in [0, 0.1) is 6.92 Å². The molecule has 0 bridgehead atoms. The molecule has 0 radical (unpaired) electrons. The first-order chi connectivity index (χ1) is 5.52. The zero-order chi connectivity index (χ0) is 9.30. The number of hydrogen-bond acceptors (Lipinski definition) is 3. The first-order valence-corrected chi connectivity index (χ1v) is 3.82. The second-order valence-corrected chi connectivity index (χ2v) is 3.02. The number of hydrogen-bond donors (Lipinski definition) is 3. The van der Waals surface area contributed by atoms with E-state index in [9.17, 15) is 0 Å². The van der Waals surface area contributed by atoms with Gasteiger partial charge in [-0.15, -0.1) is 0 Å². The summed E-state index contributed by atoms with van der Waals surface area (Å²) >= 11 is 5.66. The summed E-state index contributed by atoms with van der Waals surface area (Å²) in [5.41, 5.74) is 7.01. The molecule has 1 aromatic carbocycles. The van der Waals surface area contributed by atoms with Gasteiger partial charge in [-0.3, -0.25) is 0 Å².